The molecule has 2 N–H and O–H groups in total. The lowest BCUT2D eigenvalue weighted by molar-refractivity contribution is 0.382. The van der Waals surface area contributed by atoms with E-state index < -0.39 is 0 Å². The van der Waals surface area contributed by atoms with Crippen LogP contribution in [0.2, 0.25) is 5.02 Å². The van der Waals surface area contributed by atoms with Gasteiger partial charge in [-0.25, -0.2) is 4.98 Å². The number of hydrogen-bond donors (Lipinski definition) is 1. The van der Waals surface area contributed by atoms with Crippen molar-refractivity contribution >= 4 is 33.3 Å². The smallest absolute Gasteiger partial charge is 0.132 e. The van der Waals surface area contributed by atoms with Crippen LogP contribution in [0.3, 0.4) is 0 Å². The van der Waals surface area contributed by atoms with Gasteiger partial charge in [-0.15, -0.1) is 0 Å². The van der Waals surface area contributed by atoms with Crippen molar-refractivity contribution < 1.29 is 0 Å². The number of hydrogen-bond acceptors (Lipinski definition) is 2. The lowest BCUT2D eigenvalue weighted by atomic mass is 10.1. The predicted molar refractivity (Wildman–Crippen MR) is 93.9 cm³/mol. The van der Waals surface area contributed by atoms with E-state index in [4.69, 9.17) is 22.3 Å². The summed E-state index contributed by atoms with van der Waals surface area (Å²) in [7, 11) is 0. The molecule has 0 amide bonds. The van der Waals surface area contributed by atoms with E-state index in [9.17, 15) is 0 Å². The zero-order valence-corrected chi connectivity index (χ0v) is 15.4. The van der Waals surface area contributed by atoms with E-state index in [0.717, 1.165) is 21.6 Å². The molecule has 0 aliphatic rings. The summed E-state index contributed by atoms with van der Waals surface area (Å²) >= 11 is 9.68. The van der Waals surface area contributed by atoms with E-state index in [2.05, 4.69) is 55.1 Å². The van der Waals surface area contributed by atoms with Crippen molar-refractivity contribution in [3.05, 3.63) is 33.5 Å². The number of aromatic nitrogens is 2. The molecule has 0 atom stereocenters. The van der Waals surface area contributed by atoms with Gasteiger partial charge in [-0.05, 0) is 39.0 Å². The monoisotopic (exact) mass is 369 g/mol. The number of anilines is 1. The van der Waals surface area contributed by atoms with Crippen molar-refractivity contribution in [3.8, 4) is 11.3 Å². The van der Waals surface area contributed by atoms with Gasteiger partial charge in [0.15, 0.2) is 0 Å². The van der Waals surface area contributed by atoms with E-state index in [0.29, 0.717) is 16.8 Å². The Morgan fingerprint density at radius 2 is 1.90 bits per heavy atom. The molecule has 0 aliphatic carbocycles. The van der Waals surface area contributed by atoms with Crippen molar-refractivity contribution in [1.29, 1.82) is 0 Å². The Balaban J connectivity index is 2.74. The average molecular weight is 371 g/mol. The first-order valence-corrected chi connectivity index (χ1v) is 8.14. The van der Waals surface area contributed by atoms with E-state index in [-0.39, 0.29) is 5.54 Å². The summed E-state index contributed by atoms with van der Waals surface area (Å²) in [5.74, 6) is 1.95. The second kappa shape index (κ2) is 5.65. The molecule has 0 radical (unpaired) electrons. The molecule has 3 nitrogen and oxygen atoms in total. The third-order valence-electron chi connectivity index (χ3n) is 3.31. The van der Waals surface area contributed by atoms with Crippen molar-refractivity contribution in [1.82, 2.24) is 9.55 Å². The summed E-state index contributed by atoms with van der Waals surface area (Å²) < 4.78 is 3.05. The van der Waals surface area contributed by atoms with Crippen LogP contribution in [0.1, 0.15) is 46.4 Å². The summed E-state index contributed by atoms with van der Waals surface area (Å²) in [6.45, 7) is 10.6. The SMILES string of the molecule is CC(C)c1nc(-c2cc(Cl)ccc2Br)c(N)n1C(C)(C)C. The topological polar surface area (TPSA) is 43.8 Å². The molecule has 0 bridgehead atoms. The van der Waals surface area contributed by atoms with Crippen LogP contribution in [-0.4, -0.2) is 9.55 Å². The molecule has 2 aromatic rings. The van der Waals surface area contributed by atoms with Crippen LogP contribution >= 0.6 is 27.5 Å². The number of nitrogens with zero attached hydrogens (tertiary/aromatic N) is 2. The van der Waals surface area contributed by atoms with E-state index >= 15 is 0 Å². The van der Waals surface area contributed by atoms with Gasteiger partial charge in [-0.1, -0.05) is 41.4 Å². The van der Waals surface area contributed by atoms with Crippen LogP contribution in [-0.2, 0) is 5.54 Å². The molecule has 21 heavy (non-hydrogen) atoms. The third kappa shape index (κ3) is 3.11. The van der Waals surface area contributed by atoms with Crippen LogP contribution in [0.15, 0.2) is 22.7 Å². The first-order valence-electron chi connectivity index (χ1n) is 6.97. The van der Waals surface area contributed by atoms with Gasteiger partial charge in [-0.2, -0.15) is 0 Å². The van der Waals surface area contributed by atoms with Crippen molar-refractivity contribution in [2.75, 3.05) is 5.73 Å². The molecule has 0 aliphatic heterocycles. The fourth-order valence-electron chi connectivity index (χ4n) is 2.42. The largest absolute Gasteiger partial charge is 0.383 e. The summed E-state index contributed by atoms with van der Waals surface area (Å²) in [4.78, 5) is 4.80. The Hall–Kier alpha value is -1.00. The zero-order valence-electron chi connectivity index (χ0n) is 13.0. The summed E-state index contributed by atoms with van der Waals surface area (Å²) in [6, 6.07) is 5.65. The second-order valence-corrected chi connectivity index (χ2v) is 7.78. The summed E-state index contributed by atoms with van der Waals surface area (Å²) in [5.41, 5.74) is 7.99. The Morgan fingerprint density at radius 3 is 2.38 bits per heavy atom. The minimum Gasteiger partial charge on any atom is -0.383 e. The molecular formula is C16H21BrClN3. The minimum absolute atomic E-state index is 0.125. The maximum absolute atomic E-state index is 6.42. The Kier molecular flexibility index (Phi) is 4.41. The van der Waals surface area contributed by atoms with Crippen LogP contribution in [0.5, 0.6) is 0 Å². The second-order valence-electron chi connectivity index (χ2n) is 6.49. The Bertz CT molecular complexity index is 669. The lowest BCUT2D eigenvalue weighted by Gasteiger charge is -2.26. The maximum Gasteiger partial charge on any atom is 0.132 e. The third-order valence-corrected chi connectivity index (χ3v) is 4.24. The predicted octanol–water partition coefficient (Wildman–Crippen LogP) is 5.43. The number of halogens is 2. The average Bonchev–Trinajstić information content (AvgIpc) is 2.70. The molecular weight excluding hydrogens is 350 g/mol. The molecule has 0 saturated heterocycles. The number of imidazole rings is 1. The van der Waals surface area contributed by atoms with E-state index in [1.165, 1.54) is 0 Å². The number of nitrogen functional groups attached to an aromatic ring is 1. The Labute approximate surface area is 139 Å². The van der Waals surface area contributed by atoms with E-state index in [1.54, 1.807) is 0 Å². The van der Waals surface area contributed by atoms with Gasteiger partial charge in [0, 0.05) is 26.5 Å². The van der Waals surface area contributed by atoms with Crippen LogP contribution in [0, 0.1) is 0 Å². The highest BCUT2D eigenvalue weighted by atomic mass is 79.9. The molecule has 1 aromatic carbocycles. The van der Waals surface area contributed by atoms with Gasteiger partial charge < -0.3 is 10.3 Å². The van der Waals surface area contributed by atoms with Crippen molar-refractivity contribution in [2.24, 2.45) is 0 Å². The van der Waals surface area contributed by atoms with Crippen LogP contribution < -0.4 is 5.73 Å². The molecule has 0 unspecified atom stereocenters. The van der Waals surface area contributed by atoms with Gasteiger partial charge in [0.25, 0.3) is 0 Å². The minimum atomic E-state index is -0.125. The normalized spacial score (nSPS) is 12.2. The summed E-state index contributed by atoms with van der Waals surface area (Å²) in [5, 5.41) is 0.670. The number of rotatable bonds is 2. The van der Waals surface area contributed by atoms with Gasteiger partial charge in [0.2, 0.25) is 0 Å². The molecule has 1 aromatic heterocycles. The first kappa shape index (κ1) is 16.4. The molecule has 114 valence electrons. The van der Waals surface area contributed by atoms with Crippen LogP contribution in [0.4, 0.5) is 5.82 Å². The maximum atomic E-state index is 6.42. The highest BCUT2D eigenvalue weighted by molar-refractivity contribution is 9.10. The van der Waals surface area contributed by atoms with Gasteiger partial charge in [-0.3, -0.25) is 0 Å². The van der Waals surface area contributed by atoms with Crippen LogP contribution in [0.25, 0.3) is 11.3 Å². The standard InChI is InChI=1S/C16H21BrClN3/c1-9(2)15-20-13(14(19)21(15)16(3,4)5)11-8-10(18)6-7-12(11)17/h6-9H,19H2,1-5H3. The lowest BCUT2D eigenvalue weighted by Crippen LogP contribution is -2.26. The molecule has 0 spiro atoms. The summed E-state index contributed by atoms with van der Waals surface area (Å²) in [6.07, 6.45) is 0. The first-order chi connectivity index (χ1) is 9.62. The highest BCUT2D eigenvalue weighted by Gasteiger charge is 2.26. The molecule has 2 rings (SSSR count). The van der Waals surface area contributed by atoms with E-state index in [1.807, 2.05) is 18.2 Å². The molecule has 0 saturated carbocycles. The quantitative estimate of drug-likeness (QED) is 0.766. The molecule has 0 fully saturated rings. The molecule has 1 heterocycles. The zero-order chi connectivity index (χ0) is 15.9. The number of nitrogens with two attached hydrogens (primary N) is 1. The highest BCUT2D eigenvalue weighted by Crippen LogP contribution is 2.38. The fraction of sp³-hybridized carbons (Fsp3) is 0.438. The van der Waals surface area contributed by atoms with Crippen molar-refractivity contribution in [2.45, 2.75) is 46.1 Å². The Morgan fingerprint density at radius 1 is 1.29 bits per heavy atom. The number of benzene rings is 1. The fourth-order valence-corrected chi connectivity index (χ4v) is 3.03. The van der Waals surface area contributed by atoms with Gasteiger partial charge >= 0.3 is 0 Å². The van der Waals surface area contributed by atoms with Crippen molar-refractivity contribution in [3.63, 3.8) is 0 Å². The molecule has 5 heteroatoms. The van der Waals surface area contributed by atoms with Gasteiger partial charge in [0.1, 0.15) is 17.3 Å². The van der Waals surface area contributed by atoms with Gasteiger partial charge in [0.05, 0.1) is 0 Å².